The van der Waals surface area contributed by atoms with Crippen molar-refractivity contribution >= 4 is 5.97 Å². The third kappa shape index (κ3) is 3.71. The van der Waals surface area contributed by atoms with E-state index in [-0.39, 0.29) is 11.7 Å². The average molecular weight is 278 g/mol. The van der Waals surface area contributed by atoms with Crippen LogP contribution < -0.4 is 5.32 Å². The summed E-state index contributed by atoms with van der Waals surface area (Å²) in [6, 6.07) is 6.42. The molecule has 0 bridgehead atoms. The third-order valence-electron chi connectivity index (χ3n) is 3.44. The van der Waals surface area contributed by atoms with Gasteiger partial charge in [-0.05, 0) is 37.6 Å². The van der Waals surface area contributed by atoms with Crippen molar-refractivity contribution in [1.29, 1.82) is 0 Å². The molecule has 2 N–H and O–H groups in total. The Morgan fingerprint density at radius 3 is 3.05 bits per heavy atom. The van der Waals surface area contributed by atoms with Crippen LogP contribution in [0.4, 0.5) is 0 Å². The molecule has 1 fully saturated rings. The highest BCUT2D eigenvalue weighted by Crippen LogP contribution is 2.25. The lowest BCUT2D eigenvalue weighted by Gasteiger charge is -2.29. The van der Waals surface area contributed by atoms with Gasteiger partial charge in [0.1, 0.15) is 11.8 Å². The molecule has 1 aliphatic rings. The van der Waals surface area contributed by atoms with Crippen LogP contribution in [0.2, 0.25) is 0 Å². The largest absolute Gasteiger partial charge is 0.508 e. The van der Waals surface area contributed by atoms with Crippen molar-refractivity contribution in [3.05, 3.63) is 29.8 Å². The molecule has 1 aromatic carbocycles. The molecule has 0 amide bonds. The highest BCUT2D eigenvalue weighted by molar-refractivity contribution is 5.77. The highest BCUT2D eigenvalue weighted by Gasteiger charge is 2.29. The van der Waals surface area contributed by atoms with Crippen LogP contribution in [-0.4, -0.2) is 48.8 Å². The number of aromatic hydroxyl groups is 1. The van der Waals surface area contributed by atoms with Crippen molar-refractivity contribution < 1.29 is 14.6 Å². The van der Waals surface area contributed by atoms with Gasteiger partial charge in [0.15, 0.2) is 0 Å². The Kier molecular flexibility index (Phi) is 5.38. The third-order valence-corrected chi connectivity index (χ3v) is 3.44. The van der Waals surface area contributed by atoms with Crippen molar-refractivity contribution in [1.82, 2.24) is 10.2 Å². The Hall–Kier alpha value is -1.59. The standard InChI is InChI=1S/C15H22N2O3/c1-2-20-15(19)14(12-5-3-6-13(18)11-12)17-9-4-7-16-8-10-17/h3,5-6,11,14,16,18H,2,4,7-10H2,1H3. The fraction of sp³-hybridized carbons (Fsp3) is 0.533. The molecule has 5 nitrogen and oxygen atoms in total. The minimum absolute atomic E-state index is 0.171. The molecule has 110 valence electrons. The fourth-order valence-corrected chi connectivity index (χ4v) is 2.54. The van der Waals surface area contributed by atoms with E-state index < -0.39 is 6.04 Å². The van der Waals surface area contributed by atoms with Crippen LogP contribution in [0.5, 0.6) is 5.75 Å². The summed E-state index contributed by atoms with van der Waals surface area (Å²) < 4.78 is 5.21. The maximum atomic E-state index is 12.3. The van der Waals surface area contributed by atoms with E-state index in [4.69, 9.17) is 4.74 Å². The van der Waals surface area contributed by atoms with E-state index in [1.807, 2.05) is 6.07 Å². The molecule has 0 saturated carbocycles. The predicted molar refractivity (Wildman–Crippen MR) is 76.5 cm³/mol. The number of benzene rings is 1. The maximum absolute atomic E-state index is 12.3. The highest BCUT2D eigenvalue weighted by atomic mass is 16.5. The molecule has 1 aromatic rings. The van der Waals surface area contributed by atoms with Gasteiger partial charge in [0.25, 0.3) is 0 Å². The number of nitrogens with one attached hydrogen (secondary N) is 1. The van der Waals surface area contributed by atoms with Gasteiger partial charge in [0, 0.05) is 19.6 Å². The molecule has 20 heavy (non-hydrogen) atoms. The summed E-state index contributed by atoms with van der Waals surface area (Å²) in [7, 11) is 0. The molecule has 0 aromatic heterocycles. The minimum Gasteiger partial charge on any atom is -0.508 e. The van der Waals surface area contributed by atoms with Gasteiger partial charge in [-0.15, -0.1) is 0 Å². The zero-order valence-electron chi connectivity index (χ0n) is 11.8. The van der Waals surface area contributed by atoms with Crippen molar-refractivity contribution in [3.63, 3.8) is 0 Å². The quantitative estimate of drug-likeness (QED) is 0.813. The van der Waals surface area contributed by atoms with Crippen LogP contribution in [0.25, 0.3) is 0 Å². The normalized spacial score (nSPS) is 18.2. The summed E-state index contributed by atoms with van der Waals surface area (Å²) in [5.74, 6) is -0.0789. The van der Waals surface area contributed by atoms with Crippen LogP contribution in [-0.2, 0) is 9.53 Å². The Bertz CT molecular complexity index is 442. The molecule has 1 heterocycles. The van der Waals surface area contributed by atoms with E-state index >= 15 is 0 Å². The zero-order chi connectivity index (χ0) is 14.4. The van der Waals surface area contributed by atoms with Gasteiger partial charge in [-0.2, -0.15) is 0 Å². The molecule has 1 saturated heterocycles. The first kappa shape index (κ1) is 14.8. The summed E-state index contributed by atoms with van der Waals surface area (Å²) in [4.78, 5) is 14.4. The van der Waals surface area contributed by atoms with E-state index in [0.717, 1.165) is 38.2 Å². The lowest BCUT2D eigenvalue weighted by atomic mass is 10.0. The van der Waals surface area contributed by atoms with Crippen molar-refractivity contribution in [2.45, 2.75) is 19.4 Å². The number of ether oxygens (including phenoxy) is 1. The number of esters is 1. The van der Waals surface area contributed by atoms with Gasteiger partial charge in [0.2, 0.25) is 0 Å². The smallest absolute Gasteiger partial charge is 0.328 e. The van der Waals surface area contributed by atoms with E-state index in [1.165, 1.54) is 0 Å². The molecule has 1 unspecified atom stereocenters. The van der Waals surface area contributed by atoms with Gasteiger partial charge in [-0.25, -0.2) is 4.79 Å². The molecule has 0 radical (unpaired) electrons. The fourth-order valence-electron chi connectivity index (χ4n) is 2.54. The number of rotatable bonds is 4. The van der Waals surface area contributed by atoms with Crippen molar-refractivity contribution in [2.75, 3.05) is 32.8 Å². The molecule has 0 spiro atoms. The van der Waals surface area contributed by atoms with Crippen LogP contribution in [0.15, 0.2) is 24.3 Å². The van der Waals surface area contributed by atoms with Crippen molar-refractivity contribution in [3.8, 4) is 5.75 Å². The second kappa shape index (κ2) is 7.26. The van der Waals surface area contributed by atoms with Gasteiger partial charge in [-0.3, -0.25) is 4.90 Å². The van der Waals surface area contributed by atoms with Crippen LogP contribution in [0, 0.1) is 0 Å². The number of carbonyl (C=O) groups excluding carboxylic acids is 1. The molecule has 1 aliphatic heterocycles. The second-order valence-corrected chi connectivity index (χ2v) is 4.89. The van der Waals surface area contributed by atoms with Gasteiger partial charge in [-0.1, -0.05) is 12.1 Å². The summed E-state index contributed by atoms with van der Waals surface area (Å²) in [5, 5.41) is 13.0. The first-order valence-corrected chi connectivity index (χ1v) is 7.12. The number of carbonyl (C=O) groups is 1. The topological polar surface area (TPSA) is 61.8 Å². The summed E-state index contributed by atoms with van der Waals surface area (Å²) in [5.41, 5.74) is 0.783. The van der Waals surface area contributed by atoms with Crippen LogP contribution >= 0.6 is 0 Å². The summed E-state index contributed by atoms with van der Waals surface area (Å²) in [6.07, 6.45) is 0.995. The first-order chi connectivity index (χ1) is 9.72. The monoisotopic (exact) mass is 278 g/mol. The van der Waals surface area contributed by atoms with E-state index in [1.54, 1.807) is 25.1 Å². The number of phenols is 1. The zero-order valence-corrected chi connectivity index (χ0v) is 11.8. The Morgan fingerprint density at radius 2 is 2.30 bits per heavy atom. The number of nitrogens with zero attached hydrogens (tertiary/aromatic N) is 1. The van der Waals surface area contributed by atoms with Crippen molar-refractivity contribution in [2.24, 2.45) is 0 Å². The predicted octanol–water partition coefficient (Wildman–Crippen LogP) is 1.29. The van der Waals surface area contributed by atoms with Gasteiger partial charge < -0.3 is 15.2 Å². The summed E-state index contributed by atoms with van der Waals surface area (Å²) in [6.45, 7) is 5.62. The number of hydrogen-bond acceptors (Lipinski definition) is 5. The molecule has 2 rings (SSSR count). The molecule has 5 heteroatoms. The van der Waals surface area contributed by atoms with Gasteiger partial charge in [0.05, 0.1) is 6.61 Å². The molecule has 1 atom stereocenters. The Balaban J connectivity index is 2.25. The van der Waals surface area contributed by atoms with E-state index in [2.05, 4.69) is 10.2 Å². The maximum Gasteiger partial charge on any atom is 0.328 e. The SMILES string of the molecule is CCOC(=O)C(c1cccc(O)c1)N1CCCNCC1. The minimum atomic E-state index is -0.443. The van der Waals surface area contributed by atoms with Crippen LogP contribution in [0.3, 0.4) is 0 Å². The Morgan fingerprint density at radius 1 is 1.45 bits per heavy atom. The Labute approximate surface area is 119 Å². The first-order valence-electron chi connectivity index (χ1n) is 7.12. The van der Waals surface area contributed by atoms with Gasteiger partial charge >= 0.3 is 5.97 Å². The lowest BCUT2D eigenvalue weighted by molar-refractivity contribution is -0.149. The lowest BCUT2D eigenvalue weighted by Crippen LogP contribution is -2.37. The molecular formula is C15H22N2O3. The van der Waals surface area contributed by atoms with Crippen LogP contribution in [0.1, 0.15) is 24.9 Å². The van der Waals surface area contributed by atoms with E-state index in [9.17, 15) is 9.90 Å². The van der Waals surface area contributed by atoms with E-state index in [0.29, 0.717) is 6.61 Å². The second-order valence-electron chi connectivity index (χ2n) is 4.89. The average Bonchev–Trinajstić information content (AvgIpc) is 2.68. The molecule has 0 aliphatic carbocycles. The molecular weight excluding hydrogens is 256 g/mol. The number of hydrogen-bond donors (Lipinski definition) is 2. The number of phenolic OH excluding ortho intramolecular Hbond substituents is 1. The summed E-state index contributed by atoms with van der Waals surface area (Å²) >= 11 is 0.